The highest BCUT2D eigenvalue weighted by Gasteiger charge is 2.49. The number of rotatable bonds is 4. The van der Waals surface area contributed by atoms with E-state index in [1.54, 1.807) is 0 Å². The number of hydrogen-bond acceptors (Lipinski definition) is 4. The number of amides is 2. The molecule has 1 aliphatic carbocycles. The van der Waals surface area contributed by atoms with Crippen molar-refractivity contribution in [1.29, 1.82) is 0 Å². The second-order valence-corrected chi connectivity index (χ2v) is 7.83. The van der Waals surface area contributed by atoms with Gasteiger partial charge in [-0.05, 0) is 37.1 Å². The van der Waals surface area contributed by atoms with E-state index in [1.165, 1.54) is 18.6 Å². The molecule has 6 nitrogen and oxygen atoms in total. The van der Waals surface area contributed by atoms with Crippen LogP contribution in [0.5, 0.6) is 5.75 Å². The van der Waals surface area contributed by atoms with Gasteiger partial charge in [-0.2, -0.15) is 13.2 Å². The lowest BCUT2D eigenvalue weighted by atomic mass is 9.96. The van der Waals surface area contributed by atoms with Gasteiger partial charge in [0.1, 0.15) is 18.0 Å². The number of urea groups is 1. The van der Waals surface area contributed by atoms with Crippen molar-refractivity contribution in [3.05, 3.63) is 29.8 Å². The van der Waals surface area contributed by atoms with E-state index in [2.05, 4.69) is 10.6 Å². The maximum Gasteiger partial charge on any atom is 0.416 e. The Bertz CT molecular complexity index is 707. The molecule has 2 saturated heterocycles. The number of benzene rings is 1. The Morgan fingerprint density at radius 3 is 2.34 bits per heavy atom. The van der Waals surface area contributed by atoms with Gasteiger partial charge in [-0.15, -0.1) is 0 Å². The zero-order chi connectivity index (χ0) is 20.4. The average molecular weight is 414 g/mol. The van der Waals surface area contributed by atoms with E-state index in [1.807, 2.05) is 0 Å². The van der Waals surface area contributed by atoms with E-state index in [4.69, 9.17) is 14.2 Å². The van der Waals surface area contributed by atoms with Gasteiger partial charge in [-0.1, -0.05) is 19.3 Å². The SMILES string of the molecule is O=C(NC1CCCCC1)N[C@H]1CO[C@H]2[C@@H]1OC[C@@H]2Oc1ccc(C(F)(F)F)cc1. The highest BCUT2D eigenvalue weighted by molar-refractivity contribution is 5.74. The average Bonchev–Trinajstić information content (AvgIpc) is 3.26. The third-order valence-corrected chi connectivity index (χ3v) is 5.73. The summed E-state index contributed by atoms with van der Waals surface area (Å²) in [6.07, 6.45) is -0.0585. The third kappa shape index (κ3) is 4.78. The molecule has 0 radical (unpaired) electrons. The third-order valence-electron chi connectivity index (χ3n) is 5.73. The van der Waals surface area contributed by atoms with Crippen LogP contribution in [-0.2, 0) is 15.7 Å². The Hall–Kier alpha value is -2.00. The molecule has 0 aromatic heterocycles. The van der Waals surface area contributed by atoms with Crippen LogP contribution in [0.3, 0.4) is 0 Å². The molecule has 3 fully saturated rings. The Morgan fingerprint density at radius 1 is 0.966 bits per heavy atom. The number of carbonyl (C=O) groups is 1. The Kier molecular flexibility index (Phi) is 5.87. The number of alkyl halides is 3. The zero-order valence-electron chi connectivity index (χ0n) is 15.9. The summed E-state index contributed by atoms with van der Waals surface area (Å²) in [5.41, 5.74) is -0.726. The van der Waals surface area contributed by atoms with Crippen molar-refractivity contribution in [2.45, 2.75) is 68.7 Å². The molecule has 1 saturated carbocycles. The molecule has 0 unspecified atom stereocenters. The van der Waals surface area contributed by atoms with Gasteiger partial charge in [-0.25, -0.2) is 4.79 Å². The summed E-state index contributed by atoms with van der Waals surface area (Å²) in [6.45, 7) is 0.555. The van der Waals surface area contributed by atoms with Crippen LogP contribution in [0.4, 0.5) is 18.0 Å². The molecule has 0 spiro atoms. The fourth-order valence-corrected chi connectivity index (χ4v) is 4.23. The molecular weight excluding hydrogens is 389 g/mol. The fourth-order valence-electron chi connectivity index (χ4n) is 4.23. The van der Waals surface area contributed by atoms with Crippen LogP contribution in [0.25, 0.3) is 0 Å². The Labute approximate surface area is 167 Å². The van der Waals surface area contributed by atoms with Crippen LogP contribution in [0.2, 0.25) is 0 Å². The van der Waals surface area contributed by atoms with Crippen molar-refractivity contribution in [3.63, 3.8) is 0 Å². The van der Waals surface area contributed by atoms with E-state index in [9.17, 15) is 18.0 Å². The smallest absolute Gasteiger partial charge is 0.416 e. The summed E-state index contributed by atoms with van der Waals surface area (Å²) in [6, 6.07) is 4.25. The minimum Gasteiger partial charge on any atom is -0.485 e. The summed E-state index contributed by atoms with van der Waals surface area (Å²) >= 11 is 0. The van der Waals surface area contributed by atoms with Crippen molar-refractivity contribution in [2.24, 2.45) is 0 Å². The maximum atomic E-state index is 12.7. The molecular formula is C20H25F3N2O4. The van der Waals surface area contributed by atoms with Gasteiger partial charge in [0.25, 0.3) is 0 Å². The second-order valence-electron chi connectivity index (χ2n) is 7.83. The van der Waals surface area contributed by atoms with Crippen LogP contribution < -0.4 is 15.4 Å². The van der Waals surface area contributed by atoms with Crippen LogP contribution >= 0.6 is 0 Å². The summed E-state index contributed by atoms with van der Waals surface area (Å²) in [5.74, 6) is 0.322. The van der Waals surface area contributed by atoms with Gasteiger partial charge in [0.15, 0.2) is 6.10 Å². The minimum atomic E-state index is -4.38. The summed E-state index contributed by atoms with van der Waals surface area (Å²) in [7, 11) is 0. The van der Waals surface area contributed by atoms with Gasteiger partial charge in [0.2, 0.25) is 0 Å². The van der Waals surface area contributed by atoms with E-state index in [0.717, 1.165) is 37.8 Å². The van der Waals surface area contributed by atoms with Crippen molar-refractivity contribution >= 4 is 6.03 Å². The largest absolute Gasteiger partial charge is 0.485 e. The van der Waals surface area contributed by atoms with E-state index >= 15 is 0 Å². The van der Waals surface area contributed by atoms with E-state index in [0.29, 0.717) is 12.4 Å². The monoisotopic (exact) mass is 414 g/mol. The van der Waals surface area contributed by atoms with E-state index in [-0.39, 0.29) is 36.9 Å². The lowest BCUT2D eigenvalue weighted by molar-refractivity contribution is -0.137. The number of ether oxygens (including phenoxy) is 3. The van der Waals surface area contributed by atoms with Gasteiger partial charge < -0.3 is 24.8 Å². The molecule has 2 aliphatic heterocycles. The van der Waals surface area contributed by atoms with Gasteiger partial charge in [0, 0.05) is 6.04 Å². The number of nitrogens with one attached hydrogen (secondary N) is 2. The van der Waals surface area contributed by atoms with Crippen LogP contribution in [-0.4, -0.2) is 49.6 Å². The van der Waals surface area contributed by atoms with Crippen molar-refractivity contribution in [1.82, 2.24) is 10.6 Å². The van der Waals surface area contributed by atoms with Crippen molar-refractivity contribution in [3.8, 4) is 5.75 Å². The molecule has 3 aliphatic rings. The molecule has 1 aromatic rings. The molecule has 2 amide bonds. The highest BCUT2D eigenvalue weighted by Crippen LogP contribution is 2.33. The molecule has 1 aromatic carbocycles. The van der Waals surface area contributed by atoms with Gasteiger partial charge in [-0.3, -0.25) is 0 Å². The molecule has 4 rings (SSSR count). The second kappa shape index (κ2) is 8.39. The first-order valence-corrected chi connectivity index (χ1v) is 10.0. The number of fused-ring (bicyclic) bond motifs is 1. The molecule has 2 N–H and O–H groups in total. The fraction of sp³-hybridized carbons (Fsp3) is 0.650. The zero-order valence-corrected chi connectivity index (χ0v) is 15.9. The van der Waals surface area contributed by atoms with Gasteiger partial charge >= 0.3 is 12.2 Å². The Balaban J connectivity index is 1.29. The van der Waals surface area contributed by atoms with E-state index < -0.39 is 17.8 Å². The van der Waals surface area contributed by atoms with Crippen LogP contribution in [0.15, 0.2) is 24.3 Å². The number of hydrogen-bond donors (Lipinski definition) is 2. The van der Waals surface area contributed by atoms with Crippen LogP contribution in [0.1, 0.15) is 37.7 Å². The summed E-state index contributed by atoms with van der Waals surface area (Å²) in [5, 5.41) is 5.94. The molecule has 9 heteroatoms. The molecule has 29 heavy (non-hydrogen) atoms. The van der Waals surface area contributed by atoms with Gasteiger partial charge in [0.05, 0.1) is 24.8 Å². The lowest BCUT2D eigenvalue weighted by Gasteiger charge is -2.24. The lowest BCUT2D eigenvalue weighted by Crippen LogP contribution is -2.51. The highest BCUT2D eigenvalue weighted by atomic mass is 19.4. The van der Waals surface area contributed by atoms with Crippen molar-refractivity contribution < 1.29 is 32.2 Å². The first-order valence-electron chi connectivity index (χ1n) is 10.0. The summed E-state index contributed by atoms with van der Waals surface area (Å²) in [4.78, 5) is 12.3. The molecule has 2 heterocycles. The van der Waals surface area contributed by atoms with Crippen LogP contribution in [0, 0.1) is 0 Å². The van der Waals surface area contributed by atoms with Crippen molar-refractivity contribution in [2.75, 3.05) is 13.2 Å². The maximum absolute atomic E-state index is 12.7. The minimum absolute atomic E-state index is 0.210. The Morgan fingerprint density at radius 2 is 1.66 bits per heavy atom. The number of halogens is 3. The predicted octanol–water partition coefficient (Wildman–Crippen LogP) is 3.25. The quantitative estimate of drug-likeness (QED) is 0.794. The number of carbonyl (C=O) groups excluding carboxylic acids is 1. The predicted molar refractivity (Wildman–Crippen MR) is 97.7 cm³/mol. The topological polar surface area (TPSA) is 68.8 Å². The normalized spacial score (nSPS) is 30.0. The first-order chi connectivity index (χ1) is 13.9. The summed E-state index contributed by atoms with van der Waals surface area (Å²) < 4.78 is 55.4. The molecule has 160 valence electrons. The molecule has 4 atom stereocenters. The first kappa shape index (κ1) is 20.3. The molecule has 0 bridgehead atoms. The standard InChI is InChI=1S/C20H25F3N2O4/c21-20(22,23)12-6-8-14(9-7-12)29-16-11-28-17-15(10-27-18(16)17)25-19(26)24-13-4-2-1-3-5-13/h6-9,13,15-18H,1-5,10-11H2,(H2,24,25,26)/t15-,16-,17+,18+/m0/s1.